The summed E-state index contributed by atoms with van der Waals surface area (Å²) in [4.78, 5) is 27.5. The first-order chi connectivity index (χ1) is 16.6. The van der Waals surface area contributed by atoms with Gasteiger partial charge in [-0.15, -0.1) is 11.3 Å². The second-order valence-electron chi connectivity index (χ2n) is 7.71. The third-order valence-corrected chi connectivity index (χ3v) is 6.64. The van der Waals surface area contributed by atoms with E-state index in [-0.39, 0.29) is 0 Å². The number of amides is 1. The zero-order valence-electron chi connectivity index (χ0n) is 19.5. The monoisotopic (exact) mass is 485 g/mol. The smallest absolute Gasteiger partial charge is 0.209 e. The molecule has 11 heteroatoms. The lowest BCUT2D eigenvalue weighted by Crippen LogP contribution is -2.29. The van der Waals surface area contributed by atoms with Crippen LogP contribution in [0, 0.1) is 5.41 Å². The Labute approximate surface area is 203 Å². The molecule has 0 fully saturated rings. The summed E-state index contributed by atoms with van der Waals surface area (Å²) in [6, 6.07) is 1.76. The number of hydrogen-bond donors (Lipinski definition) is 3. The summed E-state index contributed by atoms with van der Waals surface area (Å²) in [5, 5.41) is 11.8. The van der Waals surface area contributed by atoms with E-state index < -0.39 is 0 Å². The lowest BCUT2D eigenvalue weighted by molar-refractivity contribution is -0.119. The van der Waals surface area contributed by atoms with Crippen LogP contribution in [0.1, 0.15) is 28.8 Å². The number of hydrogen-bond acceptors (Lipinski definition) is 10. The highest BCUT2D eigenvalue weighted by atomic mass is 32.1. The van der Waals surface area contributed by atoms with E-state index in [0.29, 0.717) is 43.4 Å². The maximum absolute atomic E-state index is 10.3. The number of aromatic nitrogens is 3. The van der Waals surface area contributed by atoms with Crippen molar-refractivity contribution in [2.75, 3.05) is 51.6 Å². The Balaban J connectivity index is 0.000000252. The van der Waals surface area contributed by atoms with Crippen molar-refractivity contribution in [3.05, 3.63) is 34.6 Å². The van der Waals surface area contributed by atoms with Crippen LogP contribution in [0.3, 0.4) is 0 Å². The molecule has 3 aromatic heterocycles. The summed E-state index contributed by atoms with van der Waals surface area (Å²) in [5.41, 5.74) is 8.30. The molecule has 0 radical (unpaired) electrons. The molecule has 4 N–H and O–H groups in total. The lowest BCUT2D eigenvalue weighted by Gasteiger charge is -2.15. The molecule has 10 nitrogen and oxygen atoms in total. The maximum atomic E-state index is 10.3. The van der Waals surface area contributed by atoms with Gasteiger partial charge in [0.2, 0.25) is 6.41 Å². The van der Waals surface area contributed by atoms with E-state index in [4.69, 9.17) is 20.6 Å². The van der Waals surface area contributed by atoms with Crippen LogP contribution in [0.15, 0.2) is 18.6 Å². The minimum atomic E-state index is 0.492. The molecular formula is C23H31N7O3S. The number of thiophene rings is 1. The molecule has 0 saturated heterocycles. The minimum absolute atomic E-state index is 0.492. The van der Waals surface area contributed by atoms with Gasteiger partial charge >= 0.3 is 0 Å². The predicted molar refractivity (Wildman–Crippen MR) is 135 cm³/mol. The van der Waals surface area contributed by atoms with E-state index in [1.165, 1.54) is 29.5 Å². The number of nitrogens with one attached hydrogen (secondary N) is 2. The molecular weight excluding hydrogens is 454 g/mol. The van der Waals surface area contributed by atoms with Crippen molar-refractivity contribution in [3.8, 4) is 0 Å². The zero-order chi connectivity index (χ0) is 24.3. The highest BCUT2D eigenvalue weighted by Gasteiger charge is 2.20. The highest BCUT2D eigenvalue weighted by molar-refractivity contribution is 7.19. The summed E-state index contributed by atoms with van der Waals surface area (Å²) in [6.45, 7) is 2.40. The molecule has 0 saturated carbocycles. The van der Waals surface area contributed by atoms with Gasteiger partial charge in [0.05, 0.1) is 30.5 Å². The molecule has 34 heavy (non-hydrogen) atoms. The van der Waals surface area contributed by atoms with Crippen LogP contribution in [0.25, 0.3) is 10.2 Å². The maximum Gasteiger partial charge on any atom is 0.209 e. The van der Waals surface area contributed by atoms with E-state index >= 15 is 0 Å². The molecule has 1 aliphatic carbocycles. The first-order valence-corrected chi connectivity index (χ1v) is 11.9. The predicted octanol–water partition coefficient (Wildman–Crippen LogP) is 3.03. The zero-order valence-corrected chi connectivity index (χ0v) is 20.4. The number of nitrogens with zero attached hydrogens (tertiary/aromatic N) is 4. The summed E-state index contributed by atoms with van der Waals surface area (Å²) in [6.07, 6.45) is 9.85. The van der Waals surface area contributed by atoms with Crippen molar-refractivity contribution in [2.24, 2.45) is 0 Å². The third kappa shape index (κ3) is 6.46. The van der Waals surface area contributed by atoms with Crippen LogP contribution in [-0.2, 0) is 27.1 Å². The van der Waals surface area contributed by atoms with Crippen LogP contribution in [0.5, 0.6) is 0 Å². The average molecular weight is 486 g/mol. The minimum Gasteiger partial charge on any atom is -0.397 e. The molecule has 0 aliphatic heterocycles. The number of fused-ring (bicyclic) bond motifs is 3. The number of pyridine rings is 1. The third-order valence-electron chi connectivity index (χ3n) is 5.44. The number of rotatable bonds is 10. The highest BCUT2D eigenvalue weighted by Crippen LogP contribution is 2.38. The van der Waals surface area contributed by atoms with E-state index in [1.54, 1.807) is 49.0 Å². The van der Waals surface area contributed by atoms with Gasteiger partial charge in [-0.2, -0.15) is 0 Å². The molecule has 0 aromatic carbocycles. The van der Waals surface area contributed by atoms with Gasteiger partial charge in [0.15, 0.2) is 0 Å². The van der Waals surface area contributed by atoms with Crippen LogP contribution in [0.2, 0.25) is 0 Å². The molecule has 0 atom stereocenters. The van der Waals surface area contributed by atoms with Gasteiger partial charge < -0.3 is 30.8 Å². The second kappa shape index (κ2) is 12.9. The van der Waals surface area contributed by atoms with Crippen molar-refractivity contribution in [2.45, 2.75) is 25.7 Å². The van der Waals surface area contributed by atoms with Crippen molar-refractivity contribution in [3.63, 3.8) is 0 Å². The van der Waals surface area contributed by atoms with E-state index in [0.717, 1.165) is 35.3 Å². The van der Waals surface area contributed by atoms with E-state index in [2.05, 4.69) is 20.3 Å². The number of nitrogens with two attached hydrogens (primary N) is 1. The topological polar surface area (TPSA) is 139 Å². The van der Waals surface area contributed by atoms with Crippen LogP contribution in [-0.4, -0.2) is 73.0 Å². The number of ether oxygens (including phenoxy) is 2. The van der Waals surface area contributed by atoms with Gasteiger partial charge in [-0.25, -0.2) is 15.0 Å². The Morgan fingerprint density at radius 1 is 1.18 bits per heavy atom. The van der Waals surface area contributed by atoms with Gasteiger partial charge in [0, 0.05) is 44.0 Å². The van der Waals surface area contributed by atoms with Crippen LogP contribution >= 0.6 is 11.3 Å². The van der Waals surface area contributed by atoms with Crippen molar-refractivity contribution >= 4 is 51.5 Å². The molecule has 3 aromatic rings. The van der Waals surface area contributed by atoms with Crippen molar-refractivity contribution in [1.82, 2.24) is 19.9 Å². The Hall–Kier alpha value is -3.15. The standard InChI is InChI=1S/C16H16N6S.C7H15NO3/c17-6-9-5-13(19-7-11(9)18)22-15-14-10-3-1-2-4-12(10)23-16(14)21-8-20-15;1-10-5-3-8(7-9)4-6-11-2/h5-8,17H,1-4,18H2,(H,19,20,21,22);7H,3-6H2,1-2H3. The lowest BCUT2D eigenvalue weighted by atomic mass is 9.97. The van der Waals surface area contributed by atoms with Gasteiger partial charge in [-0.05, 0) is 37.3 Å². The number of aryl methyl sites for hydroxylation is 2. The fourth-order valence-corrected chi connectivity index (χ4v) is 4.84. The van der Waals surface area contributed by atoms with E-state index in [9.17, 15) is 4.79 Å². The molecule has 182 valence electrons. The molecule has 3 heterocycles. The van der Waals surface area contributed by atoms with Crippen molar-refractivity contribution in [1.29, 1.82) is 5.41 Å². The Kier molecular flexibility index (Phi) is 9.68. The molecule has 1 aliphatic rings. The Bertz CT molecular complexity index is 1100. The van der Waals surface area contributed by atoms with Crippen LogP contribution in [0.4, 0.5) is 17.3 Å². The summed E-state index contributed by atoms with van der Waals surface area (Å²) < 4.78 is 9.63. The average Bonchev–Trinajstić information content (AvgIpc) is 3.25. The molecule has 0 spiro atoms. The summed E-state index contributed by atoms with van der Waals surface area (Å²) in [7, 11) is 3.22. The number of carbonyl (C=O) groups excluding carboxylic acids is 1. The fraction of sp³-hybridized carbons (Fsp3) is 0.435. The first kappa shape index (κ1) is 25.5. The fourth-order valence-electron chi connectivity index (χ4n) is 3.62. The number of methoxy groups -OCH3 is 2. The second-order valence-corrected chi connectivity index (χ2v) is 8.79. The Morgan fingerprint density at radius 2 is 1.91 bits per heavy atom. The number of anilines is 3. The Morgan fingerprint density at radius 3 is 2.59 bits per heavy atom. The number of nitrogen functional groups attached to an aromatic ring is 1. The summed E-state index contributed by atoms with van der Waals surface area (Å²) in [5.74, 6) is 1.41. The van der Waals surface area contributed by atoms with Crippen LogP contribution < -0.4 is 11.1 Å². The van der Waals surface area contributed by atoms with Gasteiger partial charge in [-0.1, -0.05) is 0 Å². The van der Waals surface area contributed by atoms with Gasteiger partial charge in [0.1, 0.15) is 22.8 Å². The van der Waals surface area contributed by atoms with Gasteiger partial charge in [0.25, 0.3) is 0 Å². The van der Waals surface area contributed by atoms with Crippen molar-refractivity contribution < 1.29 is 14.3 Å². The first-order valence-electron chi connectivity index (χ1n) is 11.1. The molecule has 4 rings (SSSR count). The quantitative estimate of drug-likeness (QED) is 0.294. The van der Waals surface area contributed by atoms with E-state index in [1.807, 2.05) is 0 Å². The van der Waals surface area contributed by atoms with Gasteiger partial charge in [-0.3, -0.25) is 4.79 Å². The molecule has 0 unspecified atom stereocenters. The molecule has 0 bridgehead atoms. The largest absolute Gasteiger partial charge is 0.397 e. The normalized spacial score (nSPS) is 12.4. The number of carbonyl (C=O) groups is 1. The summed E-state index contributed by atoms with van der Waals surface area (Å²) >= 11 is 1.77. The molecule has 1 amide bonds. The SMILES string of the molecule is COCCN(C=O)CCOC.N=Cc1cc(Nc2ncnc3sc4c(c23)CCCC4)ncc1N.